The van der Waals surface area contributed by atoms with Gasteiger partial charge in [0.15, 0.2) is 5.58 Å². The van der Waals surface area contributed by atoms with Crippen LogP contribution in [-0.4, -0.2) is 16.5 Å². The predicted molar refractivity (Wildman–Crippen MR) is 126 cm³/mol. The van der Waals surface area contributed by atoms with Gasteiger partial charge in [-0.1, -0.05) is 23.7 Å². The second-order valence-electron chi connectivity index (χ2n) is 7.90. The lowest BCUT2D eigenvalue weighted by molar-refractivity contribution is 0.626. The number of fused-ring (bicyclic) bond motifs is 3. The van der Waals surface area contributed by atoms with Crippen LogP contribution in [-0.2, 0) is 6.42 Å². The van der Waals surface area contributed by atoms with Gasteiger partial charge in [-0.2, -0.15) is 10.2 Å². The highest BCUT2D eigenvalue weighted by molar-refractivity contribution is 6.31. The SMILES string of the molecule is N#Cc1cnc2ccc(-c3ccc4oc(N)nc4c3)cc2c1N1CCc2cc(F)c(Cl)cc21. The van der Waals surface area contributed by atoms with E-state index in [0.29, 0.717) is 29.6 Å². The van der Waals surface area contributed by atoms with E-state index in [0.717, 1.165) is 39.0 Å². The summed E-state index contributed by atoms with van der Waals surface area (Å²) in [7, 11) is 0. The second-order valence-corrected chi connectivity index (χ2v) is 8.30. The number of nitrogens with two attached hydrogens (primary N) is 1. The molecule has 5 aromatic rings. The quantitative estimate of drug-likeness (QED) is 0.352. The fourth-order valence-corrected chi connectivity index (χ4v) is 4.63. The molecule has 0 amide bonds. The Labute approximate surface area is 192 Å². The number of benzene rings is 3. The fraction of sp³-hybridized carbons (Fsp3) is 0.0800. The molecule has 0 saturated heterocycles. The second kappa shape index (κ2) is 7.19. The average Bonchev–Trinajstić information content (AvgIpc) is 3.39. The van der Waals surface area contributed by atoms with Gasteiger partial charge in [0.25, 0.3) is 6.01 Å². The van der Waals surface area contributed by atoms with Crippen molar-refractivity contribution in [2.45, 2.75) is 6.42 Å². The molecule has 6 rings (SSSR count). The summed E-state index contributed by atoms with van der Waals surface area (Å²) in [5, 5.41) is 10.7. The van der Waals surface area contributed by atoms with Gasteiger partial charge in [-0.05, 0) is 59.5 Å². The highest BCUT2D eigenvalue weighted by Crippen LogP contribution is 2.42. The first-order chi connectivity index (χ1) is 16.0. The van der Waals surface area contributed by atoms with E-state index in [1.54, 1.807) is 12.3 Å². The van der Waals surface area contributed by atoms with E-state index in [9.17, 15) is 9.65 Å². The third-order valence-electron chi connectivity index (χ3n) is 5.98. The Morgan fingerprint density at radius 1 is 1.09 bits per heavy atom. The molecule has 0 bridgehead atoms. The van der Waals surface area contributed by atoms with E-state index in [2.05, 4.69) is 16.0 Å². The van der Waals surface area contributed by atoms with E-state index < -0.39 is 5.82 Å². The van der Waals surface area contributed by atoms with Gasteiger partial charge in [0.2, 0.25) is 0 Å². The van der Waals surface area contributed by atoms with E-state index in [4.69, 9.17) is 21.8 Å². The van der Waals surface area contributed by atoms with Crippen LogP contribution in [0.5, 0.6) is 0 Å². The molecule has 2 aromatic heterocycles. The minimum Gasteiger partial charge on any atom is -0.424 e. The smallest absolute Gasteiger partial charge is 0.292 e. The summed E-state index contributed by atoms with van der Waals surface area (Å²) in [4.78, 5) is 10.7. The summed E-state index contributed by atoms with van der Waals surface area (Å²) in [6.07, 6.45) is 2.23. The Bertz CT molecular complexity index is 1640. The average molecular weight is 456 g/mol. The zero-order valence-electron chi connectivity index (χ0n) is 17.1. The summed E-state index contributed by atoms with van der Waals surface area (Å²) >= 11 is 6.09. The van der Waals surface area contributed by atoms with Gasteiger partial charge in [-0.25, -0.2) is 4.39 Å². The molecule has 0 unspecified atom stereocenters. The highest BCUT2D eigenvalue weighted by Gasteiger charge is 2.26. The lowest BCUT2D eigenvalue weighted by Gasteiger charge is -2.23. The Morgan fingerprint density at radius 3 is 2.76 bits per heavy atom. The first-order valence-corrected chi connectivity index (χ1v) is 10.6. The minimum absolute atomic E-state index is 0.0541. The molecule has 0 atom stereocenters. The molecule has 8 heteroatoms. The lowest BCUT2D eigenvalue weighted by atomic mass is 10.0. The Hall–Kier alpha value is -4.15. The van der Waals surface area contributed by atoms with E-state index >= 15 is 0 Å². The largest absolute Gasteiger partial charge is 0.424 e. The van der Waals surface area contributed by atoms with Gasteiger partial charge >= 0.3 is 0 Å². The van der Waals surface area contributed by atoms with Crippen LogP contribution in [0, 0.1) is 17.1 Å². The van der Waals surface area contributed by atoms with Crippen LogP contribution in [0.3, 0.4) is 0 Å². The molecule has 1 aliphatic heterocycles. The third kappa shape index (κ3) is 3.07. The first kappa shape index (κ1) is 19.5. The summed E-state index contributed by atoms with van der Waals surface area (Å²) in [5.74, 6) is -0.441. The number of rotatable bonds is 2. The van der Waals surface area contributed by atoms with Crippen molar-refractivity contribution in [1.29, 1.82) is 5.26 Å². The molecule has 3 heterocycles. The summed E-state index contributed by atoms with van der Waals surface area (Å²) in [6, 6.07) is 17.0. The molecule has 0 radical (unpaired) electrons. The van der Waals surface area contributed by atoms with Gasteiger partial charge in [-0.3, -0.25) is 4.98 Å². The maximum Gasteiger partial charge on any atom is 0.292 e. The third-order valence-corrected chi connectivity index (χ3v) is 6.27. The molecular formula is C25H15ClFN5O. The van der Waals surface area contributed by atoms with Crippen molar-refractivity contribution >= 4 is 51.0 Å². The lowest BCUT2D eigenvalue weighted by Crippen LogP contribution is -2.15. The first-order valence-electron chi connectivity index (χ1n) is 10.3. The number of nitrogen functional groups attached to an aromatic ring is 1. The van der Waals surface area contributed by atoms with Crippen molar-refractivity contribution in [3.05, 3.63) is 76.7 Å². The number of pyridine rings is 1. The van der Waals surface area contributed by atoms with E-state index in [1.807, 2.05) is 41.3 Å². The number of halogens is 2. The van der Waals surface area contributed by atoms with Gasteiger partial charge in [-0.15, -0.1) is 0 Å². The Balaban J connectivity index is 1.56. The molecule has 2 N–H and O–H groups in total. The number of nitriles is 1. The molecule has 6 nitrogen and oxygen atoms in total. The van der Waals surface area contributed by atoms with Gasteiger partial charge in [0.1, 0.15) is 17.4 Å². The molecule has 3 aromatic carbocycles. The summed E-state index contributed by atoms with van der Waals surface area (Å²) in [5.41, 5.74) is 12.4. The molecule has 0 spiro atoms. The van der Waals surface area contributed by atoms with Crippen LogP contribution in [0.15, 0.2) is 59.1 Å². The van der Waals surface area contributed by atoms with Crippen LogP contribution in [0.1, 0.15) is 11.1 Å². The van der Waals surface area contributed by atoms with Crippen molar-refractivity contribution < 1.29 is 8.81 Å². The van der Waals surface area contributed by atoms with Crippen molar-refractivity contribution in [2.75, 3.05) is 17.2 Å². The minimum atomic E-state index is -0.441. The molecular weight excluding hydrogens is 441 g/mol. The van der Waals surface area contributed by atoms with Crippen LogP contribution in [0.4, 0.5) is 21.8 Å². The van der Waals surface area contributed by atoms with Crippen molar-refractivity contribution in [1.82, 2.24) is 9.97 Å². The number of aromatic nitrogens is 2. The van der Waals surface area contributed by atoms with Gasteiger partial charge in [0.05, 0.1) is 21.8 Å². The molecule has 33 heavy (non-hydrogen) atoms. The topological polar surface area (TPSA) is 92.0 Å². The maximum atomic E-state index is 14.0. The fourth-order valence-electron chi connectivity index (χ4n) is 4.47. The molecule has 0 saturated carbocycles. The molecule has 0 fully saturated rings. The van der Waals surface area contributed by atoms with Crippen LogP contribution in [0.25, 0.3) is 33.1 Å². The van der Waals surface area contributed by atoms with Crippen molar-refractivity contribution in [2.24, 2.45) is 0 Å². The Kier molecular flexibility index (Phi) is 4.25. The zero-order chi connectivity index (χ0) is 22.7. The predicted octanol–water partition coefficient (Wildman–Crippen LogP) is 5.98. The standard InChI is InChI=1S/C25H15ClFN5O/c26-18-10-22-15(8-19(18)27)5-6-32(22)24-16(11-28)12-30-20-3-1-13(7-17(20)24)14-2-4-23-21(9-14)31-25(29)33-23/h1-4,7-10,12H,5-6H2,(H2,29,31). The Morgan fingerprint density at radius 2 is 1.91 bits per heavy atom. The van der Waals surface area contributed by atoms with E-state index in [1.165, 1.54) is 6.07 Å². The number of hydrogen-bond acceptors (Lipinski definition) is 6. The highest BCUT2D eigenvalue weighted by atomic mass is 35.5. The van der Waals surface area contributed by atoms with Crippen molar-refractivity contribution in [3.8, 4) is 17.2 Å². The van der Waals surface area contributed by atoms with Crippen molar-refractivity contribution in [3.63, 3.8) is 0 Å². The van der Waals surface area contributed by atoms with Gasteiger partial charge < -0.3 is 15.1 Å². The van der Waals surface area contributed by atoms with Gasteiger partial charge in [0, 0.05) is 23.8 Å². The molecule has 1 aliphatic rings. The maximum absolute atomic E-state index is 14.0. The number of nitrogens with zero attached hydrogens (tertiary/aromatic N) is 4. The van der Waals surface area contributed by atoms with Crippen LogP contribution >= 0.6 is 11.6 Å². The number of oxazole rings is 1. The molecule has 0 aliphatic carbocycles. The normalized spacial score (nSPS) is 12.9. The monoisotopic (exact) mass is 455 g/mol. The van der Waals surface area contributed by atoms with Crippen LogP contribution < -0.4 is 10.6 Å². The number of hydrogen-bond donors (Lipinski definition) is 1. The van der Waals surface area contributed by atoms with E-state index in [-0.39, 0.29) is 11.0 Å². The number of anilines is 3. The molecule has 160 valence electrons. The zero-order valence-corrected chi connectivity index (χ0v) is 17.9. The summed E-state index contributed by atoms with van der Waals surface area (Å²) in [6.45, 7) is 0.608. The van der Waals surface area contributed by atoms with Crippen LogP contribution in [0.2, 0.25) is 5.02 Å². The summed E-state index contributed by atoms with van der Waals surface area (Å²) < 4.78 is 19.4.